The van der Waals surface area contributed by atoms with E-state index < -0.39 is 4.92 Å². The Labute approximate surface area is 175 Å². The van der Waals surface area contributed by atoms with E-state index in [1.54, 1.807) is 42.5 Å². The zero-order valence-corrected chi connectivity index (χ0v) is 16.6. The van der Waals surface area contributed by atoms with Gasteiger partial charge < -0.3 is 4.90 Å². The number of nitrogens with zero attached hydrogens (tertiary/aromatic N) is 3. The Hall–Kier alpha value is -3.51. The lowest BCUT2D eigenvalue weighted by Gasteiger charge is -2.36. The molecule has 1 fully saturated rings. The Kier molecular flexibility index (Phi) is 5.86. The first-order chi connectivity index (χ1) is 14.6. The highest BCUT2D eigenvalue weighted by atomic mass is 16.6. The molecular formula is C24H23N3O3. The fourth-order valence-corrected chi connectivity index (χ4v) is 3.90. The average molecular weight is 401 g/mol. The van der Waals surface area contributed by atoms with Crippen molar-refractivity contribution in [2.75, 3.05) is 31.1 Å². The van der Waals surface area contributed by atoms with Crippen molar-refractivity contribution in [2.45, 2.75) is 6.54 Å². The highest BCUT2D eigenvalue weighted by Crippen LogP contribution is 2.34. The number of benzene rings is 3. The molecule has 0 unspecified atom stereocenters. The molecule has 30 heavy (non-hydrogen) atoms. The molecule has 0 N–H and O–H groups in total. The summed E-state index contributed by atoms with van der Waals surface area (Å²) in [6, 6.07) is 24.0. The largest absolute Gasteiger partial charge is 0.363 e. The molecular weight excluding hydrogens is 378 g/mol. The molecule has 1 aliphatic rings. The van der Waals surface area contributed by atoms with Gasteiger partial charge in [0, 0.05) is 38.3 Å². The van der Waals surface area contributed by atoms with Crippen LogP contribution in [0, 0.1) is 10.1 Å². The average Bonchev–Trinajstić information content (AvgIpc) is 2.80. The van der Waals surface area contributed by atoms with E-state index >= 15 is 0 Å². The van der Waals surface area contributed by atoms with Gasteiger partial charge >= 0.3 is 5.69 Å². The fourth-order valence-electron chi connectivity index (χ4n) is 3.90. The van der Waals surface area contributed by atoms with E-state index in [-0.39, 0.29) is 17.0 Å². The van der Waals surface area contributed by atoms with Crippen LogP contribution in [0.4, 0.5) is 11.4 Å². The number of hydrogen-bond acceptors (Lipinski definition) is 5. The van der Waals surface area contributed by atoms with Gasteiger partial charge in [-0.05, 0) is 17.7 Å². The molecule has 3 aromatic carbocycles. The van der Waals surface area contributed by atoms with Crippen molar-refractivity contribution >= 4 is 17.2 Å². The summed E-state index contributed by atoms with van der Waals surface area (Å²) in [5.41, 5.74) is 2.25. The van der Waals surface area contributed by atoms with Crippen molar-refractivity contribution in [1.82, 2.24) is 4.90 Å². The van der Waals surface area contributed by atoms with Gasteiger partial charge in [-0.3, -0.25) is 19.8 Å². The number of nitro benzene ring substituents is 1. The second kappa shape index (κ2) is 8.88. The maximum atomic E-state index is 12.9. The van der Waals surface area contributed by atoms with E-state index in [0.29, 0.717) is 24.3 Å². The number of rotatable bonds is 6. The lowest BCUT2D eigenvalue weighted by molar-refractivity contribution is -0.384. The maximum absolute atomic E-state index is 12.9. The number of ketones is 1. The van der Waals surface area contributed by atoms with E-state index in [1.807, 2.05) is 29.2 Å². The van der Waals surface area contributed by atoms with Gasteiger partial charge in [0.1, 0.15) is 11.3 Å². The lowest BCUT2D eigenvalue weighted by Crippen LogP contribution is -2.46. The minimum atomic E-state index is -0.429. The van der Waals surface area contributed by atoms with Gasteiger partial charge in [-0.2, -0.15) is 0 Å². The summed E-state index contributed by atoms with van der Waals surface area (Å²) < 4.78 is 0. The Balaban J connectivity index is 1.55. The SMILES string of the molecule is O=C(c1ccccc1)c1cccc(N2CCN(Cc3ccccc3)CC2)c1[N+](=O)[O-]. The van der Waals surface area contributed by atoms with Crippen LogP contribution in [-0.4, -0.2) is 41.8 Å². The molecule has 6 heteroatoms. The van der Waals surface area contributed by atoms with E-state index in [0.717, 1.165) is 19.6 Å². The van der Waals surface area contributed by atoms with Crippen molar-refractivity contribution < 1.29 is 9.72 Å². The predicted molar refractivity (Wildman–Crippen MR) is 117 cm³/mol. The van der Waals surface area contributed by atoms with Gasteiger partial charge in [-0.15, -0.1) is 0 Å². The third-order valence-corrected chi connectivity index (χ3v) is 5.44. The molecule has 6 nitrogen and oxygen atoms in total. The number of hydrogen-bond donors (Lipinski definition) is 0. The Morgan fingerprint density at radius 1 is 0.833 bits per heavy atom. The zero-order chi connectivity index (χ0) is 20.9. The minimum Gasteiger partial charge on any atom is -0.363 e. The zero-order valence-electron chi connectivity index (χ0n) is 16.6. The number of piperazine rings is 1. The molecule has 0 aromatic heterocycles. The molecule has 4 rings (SSSR count). The summed E-state index contributed by atoms with van der Waals surface area (Å²) in [4.78, 5) is 28.8. The molecule has 0 atom stereocenters. The summed E-state index contributed by atoms with van der Waals surface area (Å²) in [6.45, 7) is 3.84. The first-order valence-corrected chi connectivity index (χ1v) is 10.0. The number of nitro groups is 1. The number of anilines is 1. The van der Waals surface area contributed by atoms with Crippen molar-refractivity contribution in [2.24, 2.45) is 0 Å². The van der Waals surface area contributed by atoms with E-state index in [1.165, 1.54) is 5.56 Å². The van der Waals surface area contributed by atoms with E-state index in [4.69, 9.17) is 0 Å². The van der Waals surface area contributed by atoms with Crippen LogP contribution in [0.25, 0.3) is 0 Å². The molecule has 1 aliphatic heterocycles. The van der Waals surface area contributed by atoms with Gasteiger partial charge in [0.15, 0.2) is 5.78 Å². The fraction of sp³-hybridized carbons (Fsp3) is 0.208. The molecule has 1 heterocycles. The van der Waals surface area contributed by atoms with Gasteiger partial charge in [-0.25, -0.2) is 0 Å². The summed E-state index contributed by atoms with van der Waals surface area (Å²) >= 11 is 0. The molecule has 1 saturated heterocycles. The van der Waals surface area contributed by atoms with Crippen LogP contribution in [0.5, 0.6) is 0 Å². The molecule has 3 aromatic rings. The van der Waals surface area contributed by atoms with Crippen LogP contribution in [0.2, 0.25) is 0 Å². The van der Waals surface area contributed by atoms with Crippen molar-refractivity contribution in [3.8, 4) is 0 Å². The second-order valence-electron chi connectivity index (χ2n) is 7.37. The molecule has 0 radical (unpaired) electrons. The highest BCUT2D eigenvalue weighted by Gasteiger charge is 2.29. The Bertz CT molecular complexity index is 1030. The van der Waals surface area contributed by atoms with Crippen LogP contribution < -0.4 is 4.90 Å². The van der Waals surface area contributed by atoms with Crippen LogP contribution in [0.15, 0.2) is 78.9 Å². The minimum absolute atomic E-state index is 0.108. The summed E-state index contributed by atoms with van der Waals surface area (Å²) in [6.07, 6.45) is 0. The maximum Gasteiger partial charge on any atom is 0.303 e. The molecule has 0 spiro atoms. The molecule has 0 bridgehead atoms. The molecule has 152 valence electrons. The third kappa shape index (κ3) is 4.23. The van der Waals surface area contributed by atoms with Gasteiger partial charge in [-0.1, -0.05) is 66.7 Å². The van der Waals surface area contributed by atoms with Gasteiger partial charge in [0.05, 0.1) is 4.92 Å². The van der Waals surface area contributed by atoms with Gasteiger partial charge in [0.2, 0.25) is 0 Å². The van der Waals surface area contributed by atoms with Gasteiger partial charge in [0.25, 0.3) is 0 Å². The molecule has 0 amide bonds. The van der Waals surface area contributed by atoms with Crippen LogP contribution in [0.3, 0.4) is 0 Å². The van der Waals surface area contributed by atoms with Crippen LogP contribution in [0.1, 0.15) is 21.5 Å². The quantitative estimate of drug-likeness (QED) is 0.353. The van der Waals surface area contributed by atoms with Crippen molar-refractivity contribution in [3.63, 3.8) is 0 Å². The van der Waals surface area contributed by atoms with Crippen molar-refractivity contribution in [1.29, 1.82) is 0 Å². The van der Waals surface area contributed by atoms with Crippen molar-refractivity contribution in [3.05, 3.63) is 106 Å². The molecule has 0 saturated carbocycles. The van der Waals surface area contributed by atoms with Crippen LogP contribution >= 0.6 is 0 Å². The normalized spacial score (nSPS) is 14.5. The van der Waals surface area contributed by atoms with E-state index in [9.17, 15) is 14.9 Å². The molecule has 0 aliphatic carbocycles. The van der Waals surface area contributed by atoms with E-state index in [2.05, 4.69) is 17.0 Å². The van der Waals surface area contributed by atoms with Crippen LogP contribution in [-0.2, 0) is 6.54 Å². The monoisotopic (exact) mass is 401 g/mol. The third-order valence-electron chi connectivity index (χ3n) is 5.44. The number of para-hydroxylation sites is 1. The topological polar surface area (TPSA) is 66.7 Å². The summed E-state index contributed by atoms with van der Waals surface area (Å²) in [7, 11) is 0. The standard InChI is InChI=1S/C24H23N3O3/c28-24(20-10-5-2-6-11-20)21-12-7-13-22(23(21)27(29)30)26-16-14-25(15-17-26)18-19-8-3-1-4-9-19/h1-13H,14-18H2. The number of carbonyl (C=O) groups excluding carboxylic acids is 1. The lowest BCUT2D eigenvalue weighted by atomic mass is 10.00. The first-order valence-electron chi connectivity index (χ1n) is 10.0. The summed E-state index contributed by atoms with van der Waals surface area (Å²) in [5, 5.41) is 11.9. The Morgan fingerprint density at radius 3 is 2.10 bits per heavy atom. The first kappa shape index (κ1) is 19.8. The Morgan fingerprint density at radius 2 is 1.47 bits per heavy atom. The second-order valence-corrected chi connectivity index (χ2v) is 7.37. The predicted octanol–water partition coefficient (Wildman–Crippen LogP) is 4.15. The number of carbonyl (C=O) groups is 1. The highest BCUT2D eigenvalue weighted by molar-refractivity contribution is 6.12. The summed E-state index contributed by atoms with van der Waals surface area (Å²) in [5.74, 6) is -0.327. The smallest absolute Gasteiger partial charge is 0.303 e.